The van der Waals surface area contributed by atoms with Crippen LogP contribution in [0.4, 0.5) is 4.39 Å². The fourth-order valence-corrected chi connectivity index (χ4v) is 2.95. The van der Waals surface area contributed by atoms with Crippen LogP contribution in [0.25, 0.3) is 0 Å². The zero-order chi connectivity index (χ0) is 13.7. The molecule has 1 aliphatic rings. The van der Waals surface area contributed by atoms with Gasteiger partial charge < -0.3 is 10.4 Å². The highest BCUT2D eigenvalue weighted by molar-refractivity contribution is 5.19. The van der Waals surface area contributed by atoms with Gasteiger partial charge in [0.05, 0.1) is 6.10 Å². The van der Waals surface area contributed by atoms with Gasteiger partial charge in [-0.15, -0.1) is 0 Å². The van der Waals surface area contributed by atoms with Crippen LogP contribution >= 0.6 is 0 Å². The molecule has 0 heterocycles. The molecule has 2 nitrogen and oxygen atoms in total. The Morgan fingerprint density at radius 1 is 1.32 bits per heavy atom. The van der Waals surface area contributed by atoms with Crippen molar-refractivity contribution in [2.75, 3.05) is 6.54 Å². The maximum absolute atomic E-state index is 12.9. The van der Waals surface area contributed by atoms with E-state index in [1.807, 2.05) is 12.1 Å². The highest BCUT2D eigenvalue weighted by Crippen LogP contribution is 2.25. The van der Waals surface area contributed by atoms with Gasteiger partial charge in [0.1, 0.15) is 5.82 Å². The first-order valence-corrected chi connectivity index (χ1v) is 7.36. The fraction of sp³-hybridized carbons (Fsp3) is 0.625. The third kappa shape index (κ3) is 4.29. The van der Waals surface area contributed by atoms with Crippen LogP contribution in [0.1, 0.15) is 50.6 Å². The molecule has 0 aliphatic heterocycles. The normalized spacial score (nSPS) is 25.2. The Balaban J connectivity index is 1.87. The van der Waals surface area contributed by atoms with Crippen molar-refractivity contribution in [3.8, 4) is 0 Å². The second-order valence-electron chi connectivity index (χ2n) is 5.61. The van der Waals surface area contributed by atoms with E-state index in [1.54, 1.807) is 0 Å². The number of aliphatic hydroxyl groups is 1. The molecule has 0 spiro atoms. The van der Waals surface area contributed by atoms with E-state index in [0.29, 0.717) is 5.92 Å². The zero-order valence-electron chi connectivity index (χ0n) is 11.6. The second-order valence-corrected chi connectivity index (χ2v) is 5.61. The predicted molar refractivity (Wildman–Crippen MR) is 75.4 cm³/mol. The van der Waals surface area contributed by atoms with Gasteiger partial charge in [0.15, 0.2) is 0 Å². The van der Waals surface area contributed by atoms with Crippen molar-refractivity contribution in [1.29, 1.82) is 0 Å². The van der Waals surface area contributed by atoms with Crippen LogP contribution in [0.2, 0.25) is 0 Å². The van der Waals surface area contributed by atoms with Gasteiger partial charge in [0, 0.05) is 6.04 Å². The minimum atomic E-state index is -0.186. The SMILES string of the molecule is CCC(NCC1CCCC(O)C1)c1ccc(F)cc1. The van der Waals surface area contributed by atoms with Gasteiger partial charge in [0.25, 0.3) is 0 Å². The van der Waals surface area contributed by atoms with Crippen molar-refractivity contribution in [2.24, 2.45) is 5.92 Å². The average Bonchev–Trinajstić information content (AvgIpc) is 2.41. The molecule has 3 atom stereocenters. The minimum Gasteiger partial charge on any atom is -0.393 e. The third-order valence-corrected chi connectivity index (χ3v) is 4.09. The van der Waals surface area contributed by atoms with Crippen molar-refractivity contribution in [3.05, 3.63) is 35.6 Å². The van der Waals surface area contributed by atoms with Gasteiger partial charge >= 0.3 is 0 Å². The summed E-state index contributed by atoms with van der Waals surface area (Å²) < 4.78 is 12.9. The fourth-order valence-electron chi connectivity index (χ4n) is 2.95. The lowest BCUT2D eigenvalue weighted by molar-refractivity contribution is 0.0995. The molecule has 1 fully saturated rings. The van der Waals surface area contributed by atoms with Crippen LogP contribution in [-0.2, 0) is 0 Å². The first-order valence-electron chi connectivity index (χ1n) is 7.36. The van der Waals surface area contributed by atoms with Crippen LogP contribution in [0.15, 0.2) is 24.3 Å². The van der Waals surface area contributed by atoms with Crippen molar-refractivity contribution in [1.82, 2.24) is 5.32 Å². The summed E-state index contributed by atoms with van der Waals surface area (Å²) in [4.78, 5) is 0. The molecule has 0 radical (unpaired) electrons. The quantitative estimate of drug-likeness (QED) is 0.855. The summed E-state index contributed by atoms with van der Waals surface area (Å²) in [5, 5.41) is 13.2. The number of hydrogen-bond donors (Lipinski definition) is 2. The lowest BCUT2D eigenvalue weighted by atomic mass is 9.87. The highest BCUT2D eigenvalue weighted by atomic mass is 19.1. The summed E-state index contributed by atoms with van der Waals surface area (Å²) in [6, 6.07) is 7.02. The summed E-state index contributed by atoms with van der Waals surface area (Å²) in [5.74, 6) is 0.382. The third-order valence-electron chi connectivity index (χ3n) is 4.09. The molecular weight excluding hydrogens is 241 g/mol. The van der Waals surface area contributed by atoms with E-state index < -0.39 is 0 Å². The Morgan fingerprint density at radius 2 is 2.05 bits per heavy atom. The minimum absolute atomic E-state index is 0.119. The maximum atomic E-state index is 12.9. The van der Waals surface area contributed by atoms with E-state index in [4.69, 9.17) is 0 Å². The van der Waals surface area contributed by atoms with Gasteiger partial charge in [-0.2, -0.15) is 0 Å². The zero-order valence-corrected chi connectivity index (χ0v) is 11.6. The Bertz CT molecular complexity index is 379. The molecule has 2 N–H and O–H groups in total. The van der Waals surface area contributed by atoms with Gasteiger partial charge in [-0.3, -0.25) is 0 Å². The van der Waals surface area contributed by atoms with E-state index >= 15 is 0 Å². The van der Waals surface area contributed by atoms with Crippen LogP contribution < -0.4 is 5.32 Å². The van der Waals surface area contributed by atoms with Gasteiger partial charge in [0.2, 0.25) is 0 Å². The van der Waals surface area contributed by atoms with Crippen LogP contribution in [-0.4, -0.2) is 17.8 Å². The molecule has 1 aliphatic carbocycles. The monoisotopic (exact) mass is 265 g/mol. The van der Waals surface area contributed by atoms with Crippen molar-refractivity contribution >= 4 is 0 Å². The molecule has 3 unspecified atom stereocenters. The van der Waals surface area contributed by atoms with E-state index in [0.717, 1.165) is 37.8 Å². The summed E-state index contributed by atoms with van der Waals surface area (Å²) in [7, 11) is 0. The molecule has 19 heavy (non-hydrogen) atoms. The molecule has 3 heteroatoms. The number of nitrogens with one attached hydrogen (secondary N) is 1. The topological polar surface area (TPSA) is 32.3 Å². The molecule has 1 aromatic rings. The maximum Gasteiger partial charge on any atom is 0.123 e. The molecule has 1 aromatic carbocycles. The van der Waals surface area contributed by atoms with E-state index in [2.05, 4.69) is 12.2 Å². The first-order chi connectivity index (χ1) is 9.19. The number of halogens is 1. The number of benzene rings is 1. The van der Waals surface area contributed by atoms with Crippen molar-refractivity contribution in [2.45, 2.75) is 51.2 Å². The largest absolute Gasteiger partial charge is 0.393 e. The summed E-state index contributed by atoms with van der Waals surface area (Å²) in [6.45, 7) is 3.07. The van der Waals surface area contributed by atoms with Crippen molar-refractivity contribution in [3.63, 3.8) is 0 Å². The Hall–Kier alpha value is -0.930. The molecular formula is C16H24FNO. The van der Waals surface area contributed by atoms with Crippen molar-refractivity contribution < 1.29 is 9.50 Å². The molecule has 106 valence electrons. The van der Waals surface area contributed by atoms with Crippen LogP contribution in [0, 0.1) is 11.7 Å². The Kier molecular flexibility index (Phi) is 5.34. The lowest BCUT2D eigenvalue weighted by Crippen LogP contribution is -2.31. The molecule has 2 rings (SSSR count). The predicted octanol–water partition coefficient (Wildman–Crippen LogP) is 3.42. The molecule has 1 saturated carbocycles. The standard InChI is InChI=1S/C16H24FNO/c1-2-16(13-6-8-14(17)9-7-13)18-11-12-4-3-5-15(19)10-12/h6-9,12,15-16,18-19H,2-5,10-11H2,1H3. The van der Waals surface area contributed by atoms with E-state index in [-0.39, 0.29) is 18.0 Å². The number of aliphatic hydroxyl groups excluding tert-OH is 1. The lowest BCUT2D eigenvalue weighted by Gasteiger charge is -2.28. The average molecular weight is 265 g/mol. The van der Waals surface area contributed by atoms with Crippen LogP contribution in [0.5, 0.6) is 0 Å². The van der Waals surface area contributed by atoms with E-state index in [1.165, 1.54) is 18.6 Å². The summed E-state index contributed by atoms with van der Waals surface area (Å²) in [6.07, 6.45) is 5.05. The summed E-state index contributed by atoms with van der Waals surface area (Å²) in [5.41, 5.74) is 1.14. The van der Waals surface area contributed by atoms with E-state index in [9.17, 15) is 9.50 Å². The van der Waals surface area contributed by atoms with Gasteiger partial charge in [-0.1, -0.05) is 25.5 Å². The van der Waals surface area contributed by atoms with Gasteiger partial charge in [-0.25, -0.2) is 4.39 Å². The Morgan fingerprint density at radius 3 is 2.68 bits per heavy atom. The molecule has 0 saturated heterocycles. The number of hydrogen-bond acceptors (Lipinski definition) is 2. The number of rotatable bonds is 5. The van der Waals surface area contributed by atoms with Crippen LogP contribution in [0.3, 0.4) is 0 Å². The van der Waals surface area contributed by atoms with Gasteiger partial charge in [-0.05, 0) is 55.8 Å². The molecule has 0 amide bonds. The Labute approximate surface area is 115 Å². The molecule has 0 bridgehead atoms. The summed E-state index contributed by atoms with van der Waals surface area (Å²) >= 11 is 0. The smallest absolute Gasteiger partial charge is 0.123 e. The first kappa shape index (κ1) is 14.5. The molecule has 0 aromatic heterocycles. The second kappa shape index (κ2) is 7.01. The highest BCUT2D eigenvalue weighted by Gasteiger charge is 2.21.